The minimum atomic E-state index is 0. The van der Waals surface area contributed by atoms with Gasteiger partial charge in [0.05, 0.1) is 21.3 Å². The molecule has 0 amide bonds. The highest BCUT2D eigenvalue weighted by Crippen LogP contribution is 2.39. The average molecular weight is 499 g/mol. The van der Waals surface area contributed by atoms with Crippen LogP contribution in [-0.4, -0.2) is 40.9 Å². The Hall–Kier alpha value is -2.16. The second-order valence-corrected chi connectivity index (χ2v) is 6.02. The number of hydrogen-bond donors (Lipinski definition) is 2. The molecule has 0 unspecified atom stereocenters. The van der Waals surface area contributed by atoms with E-state index in [1.54, 1.807) is 28.4 Å². The maximum atomic E-state index is 5.53. The van der Waals surface area contributed by atoms with Gasteiger partial charge >= 0.3 is 0 Å². The minimum Gasteiger partial charge on any atom is -0.493 e. The molecule has 0 radical (unpaired) electrons. The van der Waals surface area contributed by atoms with Crippen LogP contribution in [0.25, 0.3) is 0 Å². The molecule has 0 heterocycles. The molecule has 0 aliphatic carbocycles. The zero-order valence-corrected chi connectivity index (χ0v) is 19.5. The average Bonchev–Trinajstić information content (AvgIpc) is 2.70. The number of benzene rings is 2. The molecular formula is C21H30IN3O3. The Balaban J connectivity index is 0.00000392. The van der Waals surface area contributed by atoms with E-state index in [-0.39, 0.29) is 24.0 Å². The van der Waals surface area contributed by atoms with Crippen molar-refractivity contribution in [1.29, 1.82) is 0 Å². The fourth-order valence-electron chi connectivity index (χ4n) is 2.88. The first kappa shape index (κ1) is 23.9. The van der Waals surface area contributed by atoms with Crippen molar-refractivity contribution < 1.29 is 14.2 Å². The summed E-state index contributed by atoms with van der Waals surface area (Å²) in [7, 11) is 6.63. The van der Waals surface area contributed by atoms with Crippen LogP contribution in [0.3, 0.4) is 0 Å². The molecule has 0 saturated heterocycles. The Bertz CT molecular complexity index is 781. The molecule has 0 aliphatic heterocycles. The van der Waals surface area contributed by atoms with Gasteiger partial charge in [-0.25, -0.2) is 0 Å². The van der Waals surface area contributed by atoms with Gasteiger partial charge in [-0.05, 0) is 30.5 Å². The van der Waals surface area contributed by atoms with Crippen molar-refractivity contribution in [2.24, 2.45) is 4.99 Å². The van der Waals surface area contributed by atoms with Crippen LogP contribution in [0.15, 0.2) is 41.4 Å². The van der Waals surface area contributed by atoms with E-state index in [1.165, 1.54) is 11.1 Å². The number of methoxy groups -OCH3 is 3. The van der Waals surface area contributed by atoms with Crippen LogP contribution in [0.2, 0.25) is 0 Å². The number of nitrogens with zero attached hydrogens (tertiary/aromatic N) is 1. The van der Waals surface area contributed by atoms with E-state index in [2.05, 4.69) is 34.7 Å². The lowest BCUT2D eigenvalue weighted by atomic mass is 10.1. The Morgan fingerprint density at radius 1 is 0.893 bits per heavy atom. The molecule has 2 aromatic carbocycles. The van der Waals surface area contributed by atoms with Crippen LogP contribution >= 0.6 is 24.0 Å². The van der Waals surface area contributed by atoms with Gasteiger partial charge in [0.15, 0.2) is 17.5 Å². The zero-order valence-electron chi connectivity index (χ0n) is 17.2. The molecule has 0 spiro atoms. The van der Waals surface area contributed by atoms with Gasteiger partial charge in [0.25, 0.3) is 0 Å². The van der Waals surface area contributed by atoms with E-state index < -0.39 is 0 Å². The van der Waals surface area contributed by atoms with Crippen molar-refractivity contribution >= 4 is 29.9 Å². The highest BCUT2D eigenvalue weighted by molar-refractivity contribution is 14.0. The first-order chi connectivity index (χ1) is 13.1. The Morgan fingerprint density at radius 2 is 1.61 bits per heavy atom. The highest BCUT2D eigenvalue weighted by Gasteiger charge is 2.15. The van der Waals surface area contributed by atoms with Crippen molar-refractivity contribution in [3.63, 3.8) is 0 Å². The second kappa shape index (κ2) is 12.3. The van der Waals surface area contributed by atoms with E-state index in [0.717, 1.165) is 24.5 Å². The zero-order chi connectivity index (χ0) is 19.6. The van der Waals surface area contributed by atoms with E-state index >= 15 is 0 Å². The molecular weight excluding hydrogens is 469 g/mol. The first-order valence-electron chi connectivity index (χ1n) is 8.91. The number of halogens is 1. The monoisotopic (exact) mass is 499 g/mol. The molecule has 0 saturated carbocycles. The van der Waals surface area contributed by atoms with Crippen molar-refractivity contribution in [3.05, 3.63) is 53.1 Å². The number of rotatable bonds is 8. The SMILES string of the molecule is CN=C(NCCc1ccc(OC)c(OC)c1OC)NCc1ccccc1C.I. The lowest BCUT2D eigenvalue weighted by Crippen LogP contribution is -2.38. The molecule has 0 atom stereocenters. The molecule has 6 nitrogen and oxygen atoms in total. The summed E-state index contributed by atoms with van der Waals surface area (Å²) < 4.78 is 16.3. The summed E-state index contributed by atoms with van der Waals surface area (Å²) in [6.07, 6.45) is 0.759. The van der Waals surface area contributed by atoms with Crippen LogP contribution in [0.1, 0.15) is 16.7 Å². The highest BCUT2D eigenvalue weighted by atomic mass is 127. The van der Waals surface area contributed by atoms with Gasteiger partial charge in [0.2, 0.25) is 5.75 Å². The van der Waals surface area contributed by atoms with Crippen LogP contribution in [-0.2, 0) is 13.0 Å². The maximum absolute atomic E-state index is 5.53. The molecule has 0 aromatic heterocycles. The fraction of sp³-hybridized carbons (Fsp3) is 0.381. The number of aliphatic imine (C=N–C) groups is 1. The Kier molecular flexibility index (Phi) is 10.5. The summed E-state index contributed by atoms with van der Waals surface area (Å²) in [5.74, 6) is 2.72. The second-order valence-electron chi connectivity index (χ2n) is 6.02. The molecule has 28 heavy (non-hydrogen) atoms. The van der Waals surface area contributed by atoms with Crippen molar-refractivity contribution in [3.8, 4) is 17.2 Å². The van der Waals surface area contributed by atoms with Gasteiger partial charge in [0, 0.05) is 25.7 Å². The van der Waals surface area contributed by atoms with Gasteiger partial charge in [-0.3, -0.25) is 4.99 Å². The molecule has 2 rings (SSSR count). The number of aryl methyl sites for hydroxylation is 1. The molecule has 154 valence electrons. The number of nitrogens with one attached hydrogen (secondary N) is 2. The lowest BCUT2D eigenvalue weighted by molar-refractivity contribution is 0.322. The molecule has 7 heteroatoms. The van der Waals surface area contributed by atoms with Gasteiger partial charge in [-0.2, -0.15) is 0 Å². The van der Waals surface area contributed by atoms with Gasteiger partial charge < -0.3 is 24.8 Å². The number of hydrogen-bond acceptors (Lipinski definition) is 4. The third-order valence-electron chi connectivity index (χ3n) is 4.40. The third kappa shape index (κ3) is 6.19. The molecule has 0 fully saturated rings. The third-order valence-corrected chi connectivity index (χ3v) is 4.40. The largest absolute Gasteiger partial charge is 0.493 e. The quantitative estimate of drug-likeness (QED) is 0.331. The number of ether oxygens (including phenoxy) is 3. The Labute approximate surface area is 184 Å². The van der Waals surface area contributed by atoms with E-state index in [4.69, 9.17) is 14.2 Å². The van der Waals surface area contributed by atoms with E-state index in [1.807, 2.05) is 24.3 Å². The van der Waals surface area contributed by atoms with Crippen molar-refractivity contribution in [2.45, 2.75) is 19.9 Å². The van der Waals surface area contributed by atoms with E-state index in [9.17, 15) is 0 Å². The summed E-state index contributed by atoms with van der Waals surface area (Å²) in [6, 6.07) is 12.2. The minimum absolute atomic E-state index is 0. The summed E-state index contributed by atoms with van der Waals surface area (Å²) >= 11 is 0. The smallest absolute Gasteiger partial charge is 0.203 e. The van der Waals surface area contributed by atoms with Gasteiger partial charge in [-0.15, -0.1) is 24.0 Å². The molecule has 0 aliphatic rings. The summed E-state index contributed by atoms with van der Waals surface area (Å²) in [5.41, 5.74) is 3.55. The standard InChI is InChI=1S/C21H29N3O3.HI/c1-15-8-6-7-9-17(15)14-24-21(22-2)23-13-12-16-10-11-18(25-3)20(27-5)19(16)26-4;/h6-11H,12-14H2,1-5H3,(H2,22,23,24);1H. The van der Waals surface area contributed by atoms with Crippen LogP contribution in [0, 0.1) is 6.92 Å². The normalized spacial score (nSPS) is 10.7. The lowest BCUT2D eigenvalue weighted by Gasteiger charge is -2.17. The summed E-state index contributed by atoms with van der Waals surface area (Å²) in [6.45, 7) is 3.54. The molecule has 2 N–H and O–H groups in total. The predicted octanol–water partition coefficient (Wildman–Crippen LogP) is 3.55. The number of guanidine groups is 1. The van der Waals surface area contributed by atoms with Gasteiger partial charge in [-0.1, -0.05) is 30.3 Å². The summed E-state index contributed by atoms with van der Waals surface area (Å²) in [4.78, 5) is 4.29. The first-order valence-corrected chi connectivity index (χ1v) is 8.91. The maximum Gasteiger partial charge on any atom is 0.203 e. The van der Waals surface area contributed by atoms with Crippen LogP contribution in [0.4, 0.5) is 0 Å². The van der Waals surface area contributed by atoms with E-state index in [0.29, 0.717) is 23.8 Å². The molecule has 0 bridgehead atoms. The van der Waals surface area contributed by atoms with Crippen LogP contribution < -0.4 is 24.8 Å². The van der Waals surface area contributed by atoms with Crippen molar-refractivity contribution in [2.75, 3.05) is 34.9 Å². The molecule has 2 aromatic rings. The topological polar surface area (TPSA) is 64.1 Å². The van der Waals surface area contributed by atoms with Gasteiger partial charge in [0.1, 0.15) is 0 Å². The summed E-state index contributed by atoms with van der Waals surface area (Å²) in [5, 5.41) is 6.68. The van der Waals surface area contributed by atoms with Crippen LogP contribution in [0.5, 0.6) is 17.2 Å². The van der Waals surface area contributed by atoms with Crippen molar-refractivity contribution in [1.82, 2.24) is 10.6 Å². The fourth-order valence-corrected chi connectivity index (χ4v) is 2.88. The predicted molar refractivity (Wildman–Crippen MR) is 125 cm³/mol. The Morgan fingerprint density at radius 3 is 2.21 bits per heavy atom.